The van der Waals surface area contributed by atoms with Crippen molar-refractivity contribution in [1.82, 2.24) is 14.5 Å². The summed E-state index contributed by atoms with van der Waals surface area (Å²) in [4.78, 5) is 33.0. The molecule has 0 bridgehead atoms. The van der Waals surface area contributed by atoms with Gasteiger partial charge in [0.05, 0.1) is 12.7 Å². The van der Waals surface area contributed by atoms with Gasteiger partial charge in [-0.25, -0.2) is 9.78 Å². The molecule has 29 heavy (non-hydrogen) atoms. The lowest BCUT2D eigenvalue weighted by atomic mass is 10.2. The fourth-order valence-corrected chi connectivity index (χ4v) is 3.28. The number of hydrogen-bond acceptors (Lipinski definition) is 6. The Morgan fingerprint density at radius 3 is 2.79 bits per heavy atom. The molecule has 0 aliphatic carbocycles. The number of anilines is 2. The van der Waals surface area contributed by atoms with Crippen molar-refractivity contribution in [2.24, 2.45) is 0 Å². The molecule has 0 unspecified atom stereocenters. The van der Waals surface area contributed by atoms with Crippen LogP contribution in [0.25, 0.3) is 11.3 Å². The maximum absolute atomic E-state index is 12.5. The molecular weight excluding hydrogens is 394 g/mol. The van der Waals surface area contributed by atoms with Gasteiger partial charge in [-0.3, -0.25) is 14.3 Å². The molecular formula is C20H24ClN5O3. The van der Waals surface area contributed by atoms with E-state index >= 15 is 0 Å². The number of rotatable bonds is 8. The zero-order valence-electron chi connectivity index (χ0n) is 16.4. The van der Waals surface area contributed by atoms with Gasteiger partial charge in [0.1, 0.15) is 11.5 Å². The van der Waals surface area contributed by atoms with Gasteiger partial charge in [0, 0.05) is 23.7 Å². The number of hydrogen-bond donors (Lipinski definition) is 2. The van der Waals surface area contributed by atoms with Crippen LogP contribution in [0.2, 0.25) is 5.02 Å². The highest BCUT2D eigenvalue weighted by Crippen LogP contribution is 2.25. The van der Waals surface area contributed by atoms with Crippen LogP contribution in [0.1, 0.15) is 32.6 Å². The molecule has 8 nitrogen and oxygen atoms in total. The molecule has 0 atom stereocenters. The van der Waals surface area contributed by atoms with E-state index in [1.807, 2.05) is 26.0 Å². The summed E-state index contributed by atoms with van der Waals surface area (Å²) in [5, 5.41) is 0.601. The zero-order valence-corrected chi connectivity index (χ0v) is 17.2. The van der Waals surface area contributed by atoms with Gasteiger partial charge in [-0.05, 0) is 25.5 Å². The van der Waals surface area contributed by atoms with E-state index in [9.17, 15) is 9.59 Å². The number of oxazole rings is 1. The van der Waals surface area contributed by atoms with Crippen molar-refractivity contribution in [2.45, 2.75) is 39.8 Å². The number of benzene rings is 1. The van der Waals surface area contributed by atoms with Crippen LogP contribution >= 0.6 is 11.6 Å². The monoisotopic (exact) mass is 417 g/mol. The molecule has 9 heteroatoms. The maximum atomic E-state index is 12.5. The number of nitrogens with one attached hydrogen (secondary N) is 1. The molecule has 0 amide bonds. The first-order valence-corrected chi connectivity index (χ1v) is 9.90. The first-order valence-electron chi connectivity index (χ1n) is 9.52. The van der Waals surface area contributed by atoms with Crippen LogP contribution in [-0.2, 0) is 13.1 Å². The normalized spacial score (nSPS) is 11.0. The Kier molecular flexibility index (Phi) is 6.43. The number of H-pyrrole nitrogens is 1. The van der Waals surface area contributed by atoms with Gasteiger partial charge in [-0.15, -0.1) is 0 Å². The van der Waals surface area contributed by atoms with Gasteiger partial charge in [-0.2, -0.15) is 0 Å². The van der Waals surface area contributed by atoms with E-state index in [4.69, 9.17) is 21.8 Å². The van der Waals surface area contributed by atoms with Crippen molar-refractivity contribution >= 4 is 23.1 Å². The van der Waals surface area contributed by atoms with E-state index in [0.29, 0.717) is 29.8 Å². The average Bonchev–Trinajstić information content (AvgIpc) is 3.15. The van der Waals surface area contributed by atoms with Crippen molar-refractivity contribution in [1.29, 1.82) is 0 Å². The quantitative estimate of drug-likeness (QED) is 0.582. The number of aromatic nitrogens is 3. The molecule has 3 aromatic rings. The molecule has 2 heterocycles. The second-order valence-electron chi connectivity index (χ2n) is 6.64. The minimum atomic E-state index is -0.524. The predicted octanol–water partition coefficient (Wildman–Crippen LogP) is 3.25. The maximum Gasteiger partial charge on any atom is 0.330 e. The lowest BCUT2D eigenvalue weighted by Crippen LogP contribution is -2.38. The van der Waals surface area contributed by atoms with Crippen molar-refractivity contribution in [3.05, 3.63) is 62.2 Å². The molecule has 154 valence electrons. The van der Waals surface area contributed by atoms with E-state index in [-0.39, 0.29) is 18.1 Å². The van der Waals surface area contributed by atoms with Gasteiger partial charge >= 0.3 is 5.69 Å². The fourth-order valence-electron chi connectivity index (χ4n) is 3.09. The highest BCUT2D eigenvalue weighted by Gasteiger charge is 2.20. The summed E-state index contributed by atoms with van der Waals surface area (Å²) in [6.45, 7) is 5.07. The molecule has 3 N–H and O–H groups in total. The summed E-state index contributed by atoms with van der Waals surface area (Å²) >= 11 is 6.04. The molecule has 0 fully saturated rings. The van der Waals surface area contributed by atoms with Gasteiger partial charge in [0.15, 0.2) is 5.76 Å². The summed E-state index contributed by atoms with van der Waals surface area (Å²) in [5.41, 5.74) is 6.23. The Balaban J connectivity index is 1.91. The second kappa shape index (κ2) is 9.00. The van der Waals surface area contributed by atoms with E-state index in [0.717, 1.165) is 18.4 Å². The Labute approximate surface area is 172 Å². The third-order valence-electron chi connectivity index (χ3n) is 4.64. The van der Waals surface area contributed by atoms with E-state index in [1.165, 1.54) is 4.57 Å². The zero-order chi connectivity index (χ0) is 21.0. The largest absolute Gasteiger partial charge is 0.439 e. The lowest BCUT2D eigenvalue weighted by molar-refractivity contribution is 0.499. The Morgan fingerprint density at radius 2 is 2.10 bits per heavy atom. The van der Waals surface area contributed by atoms with Gasteiger partial charge in [-0.1, -0.05) is 37.1 Å². The molecule has 0 saturated carbocycles. The number of halogens is 1. The summed E-state index contributed by atoms with van der Waals surface area (Å²) in [5.74, 6) is 1.15. The summed E-state index contributed by atoms with van der Waals surface area (Å²) in [6, 6.07) is 7.28. The minimum absolute atomic E-state index is 0.149. The molecule has 0 saturated heterocycles. The highest BCUT2D eigenvalue weighted by atomic mass is 35.5. The minimum Gasteiger partial charge on any atom is -0.439 e. The predicted molar refractivity (Wildman–Crippen MR) is 114 cm³/mol. The summed E-state index contributed by atoms with van der Waals surface area (Å²) < 4.78 is 7.24. The van der Waals surface area contributed by atoms with E-state index < -0.39 is 11.2 Å². The Morgan fingerprint density at radius 1 is 1.31 bits per heavy atom. The Hall–Kier alpha value is -3.00. The first kappa shape index (κ1) is 20.7. The number of nitrogens with two attached hydrogens (primary N) is 1. The number of nitrogen functional groups attached to an aromatic ring is 1. The molecule has 0 aliphatic heterocycles. The first-order chi connectivity index (χ1) is 13.9. The van der Waals surface area contributed by atoms with Crippen molar-refractivity contribution in [2.75, 3.05) is 17.2 Å². The Bertz CT molecular complexity index is 1100. The fraction of sp³-hybridized carbons (Fsp3) is 0.350. The van der Waals surface area contributed by atoms with Gasteiger partial charge in [0.25, 0.3) is 5.56 Å². The standard InChI is InChI=1S/C20H24ClN5O3/c1-3-5-9-26-18(22)17(19(27)24-20(26)28)25(4-2)12-16-23-11-15(29-16)13-7-6-8-14(21)10-13/h6-8,10-11H,3-5,9,12,22H2,1-2H3,(H,24,27,28). The lowest BCUT2D eigenvalue weighted by Gasteiger charge is -2.23. The molecule has 3 rings (SSSR count). The topological polar surface area (TPSA) is 110 Å². The van der Waals surface area contributed by atoms with Crippen LogP contribution in [0.15, 0.2) is 44.5 Å². The summed E-state index contributed by atoms with van der Waals surface area (Å²) in [7, 11) is 0. The van der Waals surface area contributed by atoms with Crippen LogP contribution in [0.3, 0.4) is 0 Å². The number of unbranched alkanes of at least 4 members (excludes halogenated alkanes) is 1. The van der Waals surface area contributed by atoms with Gasteiger partial charge < -0.3 is 15.1 Å². The van der Waals surface area contributed by atoms with E-state index in [1.54, 1.807) is 23.2 Å². The SMILES string of the molecule is CCCCn1c(N)c(N(CC)Cc2ncc(-c3cccc(Cl)c3)o2)c(=O)[nH]c1=O. The van der Waals surface area contributed by atoms with Crippen molar-refractivity contribution in [3.63, 3.8) is 0 Å². The molecule has 0 spiro atoms. The third kappa shape index (κ3) is 4.54. The van der Waals surface area contributed by atoms with Crippen molar-refractivity contribution < 1.29 is 4.42 Å². The molecule has 1 aromatic carbocycles. The van der Waals surface area contributed by atoms with Crippen LogP contribution in [0, 0.1) is 0 Å². The number of nitrogens with zero attached hydrogens (tertiary/aromatic N) is 3. The second-order valence-corrected chi connectivity index (χ2v) is 7.08. The van der Waals surface area contributed by atoms with Crippen LogP contribution in [-0.4, -0.2) is 21.1 Å². The summed E-state index contributed by atoms with van der Waals surface area (Å²) in [6.07, 6.45) is 3.30. The van der Waals surface area contributed by atoms with Gasteiger partial charge in [0.2, 0.25) is 5.89 Å². The third-order valence-corrected chi connectivity index (χ3v) is 4.87. The molecule has 0 aliphatic rings. The smallest absolute Gasteiger partial charge is 0.330 e. The molecule has 2 aromatic heterocycles. The number of aromatic amines is 1. The van der Waals surface area contributed by atoms with Crippen LogP contribution in [0.5, 0.6) is 0 Å². The van der Waals surface area contributed by atoms with Crippen LogP contribution in [0.4, 0.5) is 11.5 Å². The highest BCUT2D eigenvalue weighted by molar-refractivity contribution is 6.30. The average molecular weight is 418 g/mol. The van der Waals surface area contributed by atoms with Crippen molar-refractivity contribution in [3.8, 4) is 11.3 Å². The van der Waals surface area contributed by atoms with E-state index in [2.05, 4.69) is 9.97 Å². The van der Waals surface area contributed by atoms with Crippen LogP contribution < -0.4 is 21.9 Å². The molecule has 0 radical (unpaired) electrons.